The zero-order valence-corrected chi connectivity index (χ0v) is 19.2. The Morgan fingerprint density at radius 1 is 1.24 bits per heavy atom. The molecule has 1 aromatic heterocycles. The maximum atomic E-state index is 12.9. The van der Waals surface area contributed by atoms with Crippen LogP contribution < -0.4 is 15.8 Å². The number of aliphatic hydroxyl groups excluding tert-OH is 1. The Morgan fingerprint density at radius 2 is 1.97 bits per heavy atom. The van der Waals surface area contributed by atoms with E-state index in [-0.39, 0.29) is 23.5 Å². The number of aliphatic hydroxyl groups is 1. The fourth-order valence-electron chi connectivity index (χ4n) is 4.36. The van der Waals surface area contributed by atoms with Crippen molar-refractivity contribution in [2.24, 2.45) is 5.73 Å². The van der Waals surface area contributed by atoms with Crippen LogP contribution in [0.4, 0.5) is 0 Å². The van der Waals surface area contributed by atoms with Crippen molar-refractivity contribution in [1.29, 1.82) is 0 Å². The number of benzene rings is 1. The minimum atomic E-state index is -1.05. The van der Waals surface area contributed by atoms with Gasteiger partial charge in [-0.2, -0.15) is 0 Å². The van der Waals surface area contributed by atoms with E-state index >= 15 is 0 Å². The molecule has 178 valence electrons. The van der Waals surface area contributed by atoms with Crippen LogP contribution in [0.3, 0.4) is 0 Å². The lowest BCUT2D eigenvalue weighted by Gasteiger charge is -2.26. The first-order valence-corrected chi connectivity index (χ1v) is 11.5. The standard InChI is InChI=1S/C26H30N4O4/c1-17(14-18-6-3-2-4-7-18)15-22-25(32)30(26(33)29-22)16-19-9-11-20(12-10-19)34-24-21(23(27)31)8-5-13-28-24/h2-8,13-14,16,20,22,26,29,33H,9-12,15H2,1H3,(H2,27,31)/b17-14+,19-16?. The molecule has 2 unspecified atom stereocenters. The summed E-state index contributed by atoms with van der Waals surface area (Å²) in [6.45, 7) is 1.99. The van der Waals surface area contributed by atoms with Gasteiger partial charge in [-0.3, -0.25) is 19.8 Å². The maximum Gasteiger partial charge on any atom is 0.254 e. The van der Waals surface area contributed by atoms with Crippen LogP contribution in [0.2, 0.25) is 0 Å². The summed E-state index contributed by atoms with van der Waals surface area (Å²) in [6, 6.07) is 12.7. The van der Waals surface area contributed by atoms with Crippen LogP contribution in [0.15, 0.2) is 66.0 Å². The number of amides is 2. The molecular formula is C26H30N4O4. The topological polar surface area (TPSA) is 118 Å². The molecule has 4 rings (SSSR count). The Labute approximate surface area is 199 Å². The first-order chi connectivity index (χ1) is 16.4. The molecule has 1 aliphatic heterocycles. The molecule has 0 radical (unpaired) electrons. The second kappa shape index (κ2) is 10.6. The molecular weight excluding hydrogens is 432 g/mol. The molecule has 8 heteroatoms. The number of pyridine rings is 1. The third kappa shape index (κ3) is 5.70. The monoisotopic (exact) mass is 462 g/mol. The Hall–Kier alpha value is -3.49. The molecule has 0 spiro atoms. The number of rotatable bonds is 7. The lowest BCUT2D eigenvalue weighted by Crippen LogP contribution is -2.34. The second-order valence-electron chi connectivity index (χ2n) is 8.77. The van der Waals surface area contributed by atoms with Gasteiger partial charge in [0.1, 0.15) is 11.7 Å². The number of hydrogen-bond acceptors (Lipinski definition) is 6. The molecule has 34 heavy (non-hydrogen) atoms. The highest BCUT2D eigenvalue weighted by Crippen LogP contribution is 2.29. The summed E-state index contributed by atoms with van der Waals surface area (Å²) < 4.78 is 5.93. The van der Waals surface area contributed by atoms with Crippen LogP contribution in [0.25, 0.3) is 6.08 Å². The van der Waals surface area contributed by atoms with Gasteiger partial charge >= 0.3 is 0 Å². The normalized spacial score (nSPS) is 23.2. The van der Waals surface area contributed by atoms with Crippen LogP contribution in [0, 0.1) is 0 Å². The Bertz CT molecular complexity index is 1090. The van der Waals surface area contributed by atoms with Crippen molar-refractivity contribution in [1.82, 2.24) is 15.2 Å². The number of carbonyl (C=O) groups excluding carboxylic acids is 2. The first kappa shape index (κ1) is 23.7. The summed E-state index contributed by atoms with van der Waals surface area (Å²) in [7, 11) is 0. The van der Waals surface area contributed by atoms with Crippen LogP contribution in [0.5, 0.6) is 5.88 Å². The smallest absolute Gasteiger partial charge is 0.254 e. The van der Waals surface area contributed by atoms with Gasteiger partial charge in [-0.15, -0.1) is 0 Å². The van der Waals surface area contributed by atoms with Gasteiger partial charge in [0.25, 0.3) is 5.91 Å². The van der Waals surface area contributed by atoms with Gasteiger partial charge in [-0.25, -0.2) is 4.98 Å². The van der Waals surface area contributed by atoms with Crippen molar-refractivity contribution >= 4 is 17.9 Å². The molecule has 0 bridgehead atoms. The van der Waals surface area contributed by atoms with E-state index in [1.807, 2.05) is 37.3 Å². The average Bonchev–Trinajstić information content (AvgIpc) is 3.08. The van der Waals surface area contributed by atoms with Crippen LogP contribution >= 0.6 is 0 Å². The molecule has 2 aromatic rings. The van der Waals surface area contributed by atoms with Gasteiger partial charge in [0.15, 0.2) is 6.35 Å². The summed E-state index contributed by atoms with van der Waals surface area (Å²) in [5, 5.41) is 13.4. The van der Waals surface area contributed by atoms with Gasteiger partial charge in [0.2, 0.25) is 11.8 Å². The lowest BCUT2D eigenvalue weighted by atomic mass is 9.93. The molecule has 1 aliphatic carbocycles. The van der Waals surface area contributed by atoms with Crippen molar-refractivity contribution < 1.29 is 19.4 Å². The van der Waals surface area contributed by atoms with Crippen molar-refractivity contribution in [3.05, 3.63) is 77.1 Å². The molecule has 1 aromatic carbocycles. The summed E-state index contributed by atoms with van der Waals surface area (Å²) in [4.78, 5) is 30.0. The maximum absolute atomic E-state index is 12.9. The van der Waals surface area contributed by atoms with Crippen molar-refractivity contribution in [3.8, 4) is 5.88 Å². The van der Waals surface area contributed by atoms with E-state index in [2.05, 4.69) is 16.4 Å². The summed E-state index contributed by atoms with van der Waals surface area (Å²) in [5.74, 6) is -0.459. The highest BCUT2D eigenvalue weighted by atomic mass is 16.5. The van der Waals surface area contributed by atoms with Crippen LogP contribution in [0.1, 0.15) is 54.9 Å². The molecule has 1 saturated heterocycles. The van der Waals surface area contributed by atoms with Gasteiger partial charge in [-0.1, -0.05) is 47.6 Å². The van der Waals surface area contributed by atoms with E-state index in [0.29, 0.717) is 19.3 Å². The van der Waals surface area contributed by atoms with Gasteiger partial charge < -0.3 is 15.6 Å². The number of primary amides is 1. The number of ether oxygens (including phenoxy) is 1. The average molecular weight is 463 g/mol. The zero-order valence-electron chi connectivity index (χ0n) is 19.2. The quantitative estimate of drug-likeness (QED) is 0.582. The molecule has 2 aliphatic rings. The molecule has 4 N–H and O–H groups in total. The van der Waals surface area contributed by atoms with E-state index in [4.69, 9.17) is 10.5 Å². The number of allylic oxidation sites excluding steroid dienone is 1. The van der Waals surface area contributed by atoms with Crippen molar-refractivity contribution in [2.45, 2.75) is 57.5 Å². The number of hydrogen-bond donors (Lipinski definition) is 3. The molecule has 2 amide bonds. The predicted molar refractivity (Wildman–Crippen MR) is 128 cm³/mol. The molecule has 2 heterocycles. The van der Waals surface area contributed by atoms with Crippen LogP contribution in [-0.4, -0.2) is 45.3 Å². The summed E-state index contributed by atoms with van der Waals surface area (Å²) in [5.41, 5.74) is 8.88. The number of nitrogens with zero attached hydrogens (tertiary/aromatic N) is 2. The number of aromatic nitrogens is 1. The Morgan fingerprint density at radius 3 is 2.68 bits per heavy atom. The Balaban J connectivity index is 1.33. The zero-order chi connectivity index (χ0) is 24.1. The predicted octanol–water partition coefficient (Wildman–Crippen LogP) is 2.96. The number of nitrogens with one attached hydrogen (secondary N) is 1. The third-order valence-corrected chi connectivity index (χ3v) is 6.12. The highest BCUT2D eigenvalue weighted by molar-refractivity contribution is 5.94. The third-order valence-electron chi connectivity index (χ3n) is 6.12. The van der Waals surface area contributed by atoms with Crippen LogP contribution in [-0.2, 0) is 4.79 Å². The lowest BCUT2D eigenvalue weighted by molar-refractivity contribution is -0.130. The second-order valence-corrected chi connectivity index (χ2v) is 8.77. The van der Waals surface area contributed by atoms with Gasteiger partial charge in [0.05, 0.1) is 6.04 Å². The Kier molecular flexibility index (Phi) is 7.40. The van der Waals surface area contributed by atoms with Gasteiger partial charge in [0, 0.05) is 12.4 Å². The summed E-state index contributed by atoms with van der Waals surface area (Å²) >= 11 is 0. The number of nitrogens with two attached hydrogens (primary N) is 1. The summed E-state index contributed by atoms with van der Waals surface area (Å²) in [6.07, 6.45) is 7.63. The number of carbonyl (C=O) groups is 2. The molecule has 8 nitrogen and oxygen atoms in total. The van der Waals surface area contributed by atoms with E-state index < -0.39 is 18.3 Å². The van der Waals surface area contributed by atoms with E-state index in [1.165, 1.54) is 4.90 Å². The molecule has 2 atom stereocenters. The van der Waals surface area contributed by atoms with E-state index in [1.54, 1.807) is 24.5 Å². The van der Waals surface area contributed by atoms with Crippen molar-refractivity contribution in [3.63, 3.8) is 0 Å². The van der Waals surface area contributed by atoms with Gasteiger partial charge in [-0.05, 0) is 56.7 Å². The first-order valence-electron chi connectivity index (χ1n) is 11.5. The van der Waals surface area contributed by atoms with Crippen molar-refractivity contribution in [2.75, 3.05) is 0 Å². The fourth-order valence-corrected chi connectivity index (χ4v) is 4.36. The minimum Gasteiger partial charge on any atom is -0.474 e. The van der Waals surface area contributed by atoms with E-state index in [0.717, 1.165) is 29.6 Å². The van der Waals surface area contributed by atoms with E-state index in [9.17, 15) is 14.7 Å². The molecule has 2 fully saturated rings. The SMILES string of the molecule is C/C(=C\c1ccccc1)CC1NC(O)N(C=C2CCC(Oc3ncccc3C(N)=O)CC2)C1=O. The minimum absolute atomic E-state index is 0.0963. The fraction of sp³-hybridized carbons (Fsp3) is 0.346. The highest BCUT2D eigenvalue weighted by Gasteiger charge is 2.37. The largest absolute Gasteiger partial charge is 0.474 e. The molecule has 1 saturated carbocycles.